The molecule has 2 rings (SSSR count). The molecule has 0 radical (unpaired) electrons. The van der Waals surface area contributed by atoms with E-state index in [1.807, 2.05) is 19.9 Å². The molecule has 2 aromatic carbocycles. The Balaban J connectivity index is 2.13. The van der Waals surface area contributed by atoms with Gasteiger partial charge >= 0.3 is 0 Å². The van der Waals surface area contributed by atoms with Crippen LogP contribution in [0.1, 0.15) is 29.8 Å². The maximum absolute atomic E-state index is 12.5. The first kappa shape index (κ1) is 18.3. The van der Waals surface area contributed by atoms with Crippen molar-refractivity contribution >= 4 is 23.2 Å². The Bertz CT molecular complexity index is 812. The highest BCUT2D eigenvalue weighted by atomic mass is 16.5. The highest BCUT2D eigenvalue weighted by molar-refractivity contribution is 6.05. The third-order valence-electron chi connectivity index (χ3n) is 3.39. The van der Waals surface area contributed by atoms with Gasteiger partial charge in [0.2, 0.25) is 5.91 Å². The largest absolute Gasteiger partial charge is 0.489 e. The van der Waals surface area contributed by atoms with Gasteiger partial charge in [0.15, 0.2) is 0 Å². The second-order valence-electron chi connectivity index (χ2n) is 5.94. The van der Waals surface area contributed by atoms with Crippen molar-refractivity contribution in [1.29, 1.82) is 0 Å². The van der Waals surface area contributed by atoms with Gasteiger partial charge in [0.05, 0.1) is 0 Å². The number of hydrogen-bond acceptors (Lipinski definition) is 3. The summed E-state index contributed by atoms with van der Waals surface area (Å²) in [6.07, 6.45) is 0. The second kappa shape index (κ2) is 8.15. The van der Waals surface area contributed by atoms with Crippen LogP contribution in [-0.4, -0.2) is 18.4 Å². The third-order valence-corrected chi connectivity index (χ3v) is 3.39. The second-order valence-corrected chi connectivity index (χ2v) is 5.94. The molecule has 0 fully saturated rings. The van der Waals surface area contributed by atoms with Crippen LogP contribution in [-0.2, 0) is 4.79 Å². The van der Waals surface area contributed by atoms with Gasteiger partial charge in [-0.15, -0.1) is 0 Å². The van der Waals surface area contributed by atoms with Crippen LogP contribution in [0, 0.1) is 6.92 Å². The number of benzene rings is 2. The summed E-state index contributed by atoms with van der Waals surface area (Å²) in [5, 5.41) is 5.57. The average Bonchev–Trinajstić information content (AvgIpc) is 2.56. The van der Waals surface area contributed by atoms with Gasteiger partial charge in [-0.05, 0) is 55.3 Å². The molecule has 5 nitrogen and oxygen atoms in total. The number of rotatable bonds is 6. The van der Waals surface area contributed by atoms with E-state index in [9.17, 15) is 9.59 Å². The monoisotopic (exact) mass is 338 g/mol. The minimum atomic E-state index is -0.251. The van der Waals surface area contributed by atoms with Crippen LogP contribution in [0.25, 0.3) is 0 Å². The number of aryl methyl sites for hydroxylation is 1. The molecule has 0 saturated heterocycles. The normalized spacial score (nSPS) is 10.0. The molecule has 0 aliphatic carbocycles. The highest BCUT2D eigenvalue weighted by Crippen LogP contribution is 2.21. The fourth-order valence-corrected chi connectivity index (χ4v) is 2.16. The molecule has 0 aliphatic rings. The van der Waals surface area contributed by atoms with Gasteiger partial charge in [0.1, 0.15) is 12.4 Å². The first-order valence-electron chi connectivity index (χ1n) is 7.92. The molecule has 130 valence electrons. The molecule has 2 N–H and O–H groups in total. The van der Waals surface area contributed by atoms with Crippen LogP contribution in [0.4, 0.5) is 11.4 Å². The van der Waals surface area contributed by atoms with E-state index in [1.165, 1.54) is 6.92 Å². The van der Waals surface area contributed by atoms with E-state index in [-0.39, 0.29) is 11.8 Å². The maximum atomic E-state index is 12.5. The smallest absolute Gasteiger partial charge is 0.255 e. The fraction of sp³-hybridized carbons (Fsp3) is 0.200. The van der Waals surface area contributed by atoms with Crippen LogP contribution in [0.5, 0.6) is 5.75 Å². The first-order chi connectivity index (χ1) is 11.8. The molecule has 0 aliphatic heterocycles. The molecule has 2 aromatic rings. The van der Waals surface area contributed by atoms with Gasteiger partial charge in [0, 0.05) is 23.9 Å². The van der Waals surface area contributed by atoms with Crippen LogP contribution >= 0.6 is 0 Å². The molecule has 0 heterocycles. The van der Waals surface area contributed by atoms with Crippen LogP contribution in [0.2, 0.25) is 0 Å². The number of ether oxygens (including phenoxy) is 1. The van der Waals surface area contributed by atoms with Crippen LogP contribution in [0.3, 0.4) is 0 Å². The van der Waals surface area contributed by atoms with E-state index in [0.717, 1.165) is 11.1 Å². The molecule has 2 amide bonds. The molecule has 0 spiro atoms. The lowest BCUT2D eigenvalue weighted by atomic mass is 10.1. The molecular formula is C20H22N2O3. The predicted molar refractivity (Wildman–Crippen MR) is 100 cm³/mol. The molecule has 0 bridgehead atoms. The van der Waals surface area contributed by atoms with Crippen molar-refractivity contribution in [2.75, 3.05) is 17.2 Å². The number of carbonyl (C=O) groups excluding carboxylic acids is 2. The Morgan fingerprint density at radius 3 is 2.52 bits per heavy atom. The summed E-state index contributed by atoms with van der Waals surface area (Å²) in [7, 11) is 0. The average molecular weight is 338 g/mol. The number of anilines is 2. The zero-order valence-corrected chi connectivity index (χ0v) is 14.7. The Kier molecular flexibility index (Phi) is 5.95. The van der Waals surface area contributed by atoms with E-state index in [1.54, 1.807) is 36.4 Å². The summed E-state index contributed by atoms with van der Waals surface area (Å²) >= 11 is 0. The lowest BCUT2D eigenvalue weighted by Crippen LogP contribution is -2.13. The lowest BCUT2D eigenvalue weighted by Gasteiger charge is -2.11. The predicted octanol–water partition coefficient (Wildman–Crippen LogP) is 4.16. The van der Waals surface area contributed by atoms with E-state index in [2.05, 4.69) is 17.2 Å². The van der Waals surface area contributed by atoms with Gasteiger partial charge in [-0.2, -0.15) is 0 Å². The van der Waals surface area contributed by atoms with Crippen molar-refractivity contribution < 1.29 is 14.3 Å². The lowest BCUT2D eigenvalue weighted by molar-refractivity contribution is -0.114. The Morgan fingerprint density at radius 2 is 1.84 bits per heavy atom. The van der Waals surface area contributed by atoms with E-state index in [0.29, 0.717) is 29.3 Å². The highest BCUT2D eigenvalue weighted by Gasteiger charge is 2.09. The zero-order chi connectivity index (χ0) is 18.4. The van der Waals surface area contributed by atoms with Crippen molar-refractivity contribution in [3.63, 3.8) is 0 Å². The number of nitrogens with one attached hydrogen (secondary N) is 2. The van der Waals surface area contributed by atoms with E-state index >= 15 is 0 Å². The van der Waals surface area contributed by atoms with Crippen molar-refractivity contribution in [3.8, 4) is 5.75 Å². The van der Waals surface area contributed by atoms with Crippen molar-refractivity contribution in [1.82, 2.24) is 0 Å². The minimum absolute atomic E-state index is 0.158. The molecule has 0 aromatic heterocycles. The Hall–Kier alpha value is -3.08. The number of amides is 2. The van der Waals surface area contributed by atoms with Gasteiger partial charge < -0.3 is 15.4 Å². The molecule has 0 saturated carbocycles. The molecule has 5 heteroatoms. The van der Waals surface area contributed by atoms with Crippen molar-refractivity contribution in [3.05, 3.63) is 65.7 Å². The third kappa shape index (κ3) is 5.49. The Labute approximate surface area is 147 Å². The SMILES string of the molecule is C=C(C)COc1cccc(C(=O)Nc2ccc(C)c(NC(C)=O)c2)c1. The quantitative estimate of drug-likeness (QED) is 0.777. The molecule has 0 atom stereocenters. The van der Waals surface area contributed by atoms with Gasteiger partial charge in [-0.25, -0.2) is 0 Å². The standard InChI is InChI=1S/C20H22N2O3/c1-13(2)12-25-18-7-5-6-16(10-18)20(24)22-17-9-8-14(3)19(11-17)21-15(4)23/h5-11H,1,12H2,2-4H3,(H,21,23)(H,22,24). The molecule has 0 unspecified atom stereocenters. The van der Waals surface area contributed by atoms with Crippen LogP contribution < -0.4 is 15.4 Å². The van der Waals surface area contributed by atoms with Crippen LogP contribution in [0.15, 0.2) is 54.6 Å². The zero-order valence-electron chi connectivity index (χ0n) is 14.7. The van der Waals surface area contributed by atoms with Gasteiger partial charge in [0.25, 0.3) is 5.91 Å². The Morgan fingerprint density at radius 1 is 1.08 bits per heavy atom. The summed E-state index contributed by atoms with van der Waals surface area (Å²) in [5.41, 5.74) is 3.58. The summed E-state index contributed by atoms with van der Waals surface area (Å²) in [6.45, 7) is 9.40. The van der Waals surface area contributed by atoms with Crippen molar-refractivity contribution in [2.24, 2.45) is 0 Å². The summed E-state index contributed by atoms with van der Waals surface area (Å²) in [4.78, 5) is 23.7. The summed E-state index contributed by atoms with van der Waals surface area (Å²) in [6, 6.07) is 12.3. The summed E-state index contributed by atoms with van der Waals surface area (Å²) < 4.78 is 5.56. The fourth-order valence-electron chi connectivity index (χ4n) is 2.16. The summed E-state index contributed by atoms with van der Waals surface area (Å²) in [5.74, 6) is 0.200. The molecular weight excluding hydrogens is 316 g/mol. The maximum Gasteiger partial charge on any atom is 0.255 e. The van der Waals surface area contributed by atoms with E-state index < -0.39 is 0 Å². The van der Waals surface area contributed by atoms with E-state index in [4.69, 9.17) is 4.74 Å². The topological polar surface area (TPSA) is 67.4 Å². The van der Waals surface area contributed by atoms with Gasteiger partial charge in [-0.3, -0.25) is 9.59 Å². The first-order valence-corrected chi connectivity index (χ1v) is 7.92. The van der Waals surface area contributed by atoms with Crippen molar-refractivity contribution in [2.45, 2.75) is 20.8 Å². The van der Waals surface area contributed by atoms with Gasteiger partial charge in [-0.1, -0.05) is 18.7 Å². The minimum Gasteiger partial charge on any atom is -0.489 e. The number of hydrogen-bond donors (Lipinski definition) is 2. The molecule has 25 heavy (non-hydrogen) atoms. The number of carbonyl (C=O) groups is 2.